The Morgan fingerprint density at radius 2 is 1.57 bits per heavy atom. The van der Waals surface area contributed by atoms with Crippen molar-refractivity contribution in [3.05, 3.63) is 108 Å². The molecule has 0 aliphatic carbocycles. The van der Waals surface area contributed by atoms with Crippen LogP contribution in [-0.2, 0) is 11.2 Å². The summed E-state index contributed by atoms with van der Waals surface area (Å²) in [5.74, 6) is -0.552. The van der Waals surface area contributed by atoms with E-state index in [0.29, 0.717) is 22.7 Å². The predicted octanol–water partition coefficient (Wildman–Crippen LogP) is 7.40. The molecule has 8 heteroatoms. The first kappa shape index (κ1) is 25.1. The van der Waals surface area contributed by atoms with Gasteiger partial charge in [-0.1, -0.05) is 24.3 Å². The number of amides is 1. The first-order chi connectivity index (χ1) is 19.5. The third kappa shape index (κ3) is 4.94. The number of carbonyl (C=O) groups is 1. The molecule has 4 aromatic carbocycles. The molecule has 0 radical (unpaired) electrons. The lowest BCUT2D eigenvalue weighted by Crippen LogP contribution is -2.24. The normalized spacial score (nSPS) is 16.1. The predicted molar refractivity (Wildman–Crippen MR) is 157 cm³/mol. The maximum absolute atomic E-state index is 13.1. The minimum absolute atomic E-state index is 0.123. The molecule has 2 N–H and O–H groups in total. The summed E-state index contributed by atoms with van der Waals surface area (Å²) >= 11 is 0. The fraction of sp³-hybridized carbons (Fsp3) is 0.125. The number of phenols is 2. The smallest absolute Gasteiger partial charge is 0.280 e. The van der Waals surface area contributed by atoms with Gasteiger partial charge in [-0.05, 0) is 97.6 Å². The second-order valence-electron chi connectivity index (χ2n) is 9.73. The lowest BCUT2D eigenvalue weighted by atomic mass is 9.97. The summed E-state index contributed by atoms with van der Waals surface area (Å²) in [5.41, 5.74) is 7.60. The van der Waals surface area contributed by atoms with Gasteiger partial charge in [-0.2, -0.15) is 20.3 Å². The standard InChI is InChI=1S/C32H27N5O3/c1-21-28(32(40)37(35-21)27-7-3-2-4-8-27)19-22-9-15-29-23(18-22)6-5-17-36(29)26-13-10-24(11-14-26)33-34-25-12-16-30(38)31(39)20-25/h2-4,7-16,18-20,38-39H,5-6,17H2,1H3/b28-19-,34-33+. The van der Waals surface area contributed by atoms with Crippen molar-refractivity contribution >= 4 is 46.1 Å². The third-order valence-electron chi connectivity index (χ3n) is 7.00. The Hall–Kier alpha value is -5.24. The number of carbonyl (C=O) groups excluding carboxylic acids is 1. The van der Waals surface area contributed by atoms with Crippen LogP contribution in [0.2, 0.25) is 0 Å². The molecular formula is C32H27N5O3. The number of anilines is 3. The summed E-state index contributed by atoms with van der Waals surface area (Å²) in [6.45, 7) is 2.77. The number of rotatable bonds is 5. The van der Waals surface area contributed by atoms with E-state index in [4.69, 9.17) is 0 Å². The van der Waals surface area contributed by atoms with Gasteiger partial charge >= 0.3 is 0 Å². The van der Waals surface area contributed by atoms with Crippen LogP contribution in [0.3, 0.4) is 0 Å². The summed E-state index contributed by atoms with van der Waals surface area (Å²) < 4.78 is 0. The fourth-order valence-corrected chi connectivity index (χ4v) is 4.96. The number of aryl methyl sites for hydroxylation is 1. The van der Waals surface area contributed by atoms with Crippen molar-refractivity contribution in [1.29, 1.82) is 0 Å². The second kappa shape index (κ2) is 10.5. The highest BCUT2D eigenvalue weighted by atomic mass is 16.3. The van der Waals surface area contributed by atoms with E-state index in [1.165, 1.54) is 22.7 Å². The molecule has 1 amide bonds. The zero-order valence-electron chi connectivity index (χ0n) is 21.9. The summed E-state index contributed by atoms with van der Waals surface area (Å²) in [4.78, 5) is 15.4. The Morgan fingerprint density at radius 3 is 2.35 bits per heavy atom. The van der Waals surface area contributed by atoms with E-state index in [1.807, 2.05) is 73.7 Å². The van der Waals surface area contributed by atoms with Crippen LogP contribution in [0.25, 0.3) is 6.08 Å². The summed E-state index contributed by atoms with van der Waals surface area (Å²) in [5, 5.41) is 33.4. The van der Waals surface area contributed by atoms with Gasteiger partial charge in [-0.3, -0.25) is 4.79 Å². The van der Waals surface area contributed by atoms with Crippen LogP contribution in [0.4, 0.5) is 28.4 Å². The molecule has 0 spiro atoms. The Labute approximate surface area is 231 Å². The number of fused-ring (bicyclic) bond motifs is 1. The van der Waals surface area contributed by atoms with E-state index >= 15 is 0 Å². The van der Waals surface area contributed by atoms with E-state index in [2.05, 4.69) is 32.4 Å². The van der Waals surface area contributed by atoms with Crippen molar-refractivity contribution in [3.8, 4) is 11.5 Å². The van der Waals surface area contributed by atoms with Crippen LogP contribution in [0.5, 0.6) is 11.5 Å². The van der Waals surface area contributed by atoms with Crippen molar-refractivity contribution in [2.75, 3.05) is 16.5 Å². The molecule has 0 fully saturated rings. The quantitative estimate of drug-likeness (QED) is 0.160. The van der Waals surface area contributed by atoms with Gasteiger partial charge < -0.3 is 15.1 Å². The summed E-state index contributed by atoms with van der Waals surface area (Å²) in [6, 6.07) is 27.9. The lowest BCUT2D eigenvalue weighted by molar-refractivity contribution is -0.114. The first-order valence-electron chi connectivity index (χ1n) is 13.1. The van der Waals surface area contributed by atoms with Crippen molar-refractivity contribution in [1.82, 2.24) is 0 Å². The zero-order chi connectivity index (χ0) is 27.6. The lowest BCUT2D eigenvalue weighted by Gasteiger charge is -2.31. The molecular weight excluding hydrogens is 502 g/mol. The van der Waals surface area contributed by atoms with Gasteiger partial charge in [-0.25, -0.2) is 0 Å². The minimum Gasteiger partial charge on any atom is -0.504 e. The van der Waals surface area contributed by atoms with E-state index in [-0.39, 0.29) is 17.4 Å². The largest absolute Gasteiger partial charge is 0.504 e. The fourth-order valence-electron chi connectivity index (χ4n) is 4.96. The third-order valence-corrected chi connectivity index (χ3v) is 7.00. The maximum atomic E-state index is 13.1. The molecule has 0 bridgehead atoms. The van der Waals surface area contributed by atoms with Crippen LogP contribution in [-0.4, -0.2) is 28.4 Å². The molecule has 2 aliphatic rings. The van der Waals surface area contributed by atoms with Crippen LogP contribution >= 0.6 is 0 Å². The zero-order valence-corrected chi connectivity index (χ0v) is 21.9. The molecule has 0 aromatic heterocycles. The average molecular weight is 530 g/mol. The Kier molecular flexibility index (Phi) is 6.57. The van der Waals surface area contributed by atoms with Crippen molar-refractivity contribution in [3.63, 3.8) is 0 Å². The number of benzene rings is 4. The van der Waals surface area contributed by atoms with Crippen molar-refractivity contribution in [2.24, 2.45) is 15.3 Å². The highest BCUT2D eigenvalue weighted by Crippen LogP contribution is 2.36. The number of para-hydroxylation sites is 1. The highest BCUT2D eigenvalue weighted by Gasteiger charge is 2.28. The number of azo groups is 1. The van der Waals surface area contributed by atoms with Gasteiger partial charge in [0.25, 0.3) is 5.91 Å². The molecule has 40 heavy (non-hydrogen) atoms. The number of hydrazone groups is 1. The first-order valence-corrected chi connectivity index (χ1v) is 13.1. The monoisotopic (exact) mass is 529 g/mol. The molecule has 8 nitrogen and oxygen atoms in total. The van der Waals surface area contributed by atoms with Gasteiger partial charge in [0.2, 0.25) is 0 Å². The molecule has 0 saturated carbocycles. The molecule has 2 aliphatic heterocycles. The summed E-state index contributed by atoms with van der Waals surface area (Å²) in [6.07, 6.45) is 3.91. The number of phenolic OH excluding ortho intramolecular Hbond substituents is 2. The van der Waals surface area contributed by atoms with Crippen molar-refractivity contribution < 1.29 is 15.0 Å². The van der Waals surface area contributed by atoms with Gasteiger partial charge in [0.15, 0.2) is 11.5 Å². The molecule has 4 aromatic rings. The number of nitrogens with zero attached hydrogens (tertiary/aromatic N) is 5. The molecule has 198 valence electrons. The highest BCUT2D eigenvalue weighted by molar-refractivity contribution is 6.32. The maximum Gasteiger partial charge on any atom is 0.280 e. The molecule has 0 unspecified atom stereocenters. The van der Waals surface area contributed by atoms with Crippen LogP contribution in [0.15, 0.2) is 112 Å². The second-order valence-corrected chi connectivity index (χ2v) is 9.73. The SMILES string of the molecule is CC1=NN(c2ccccc2)C(=O)/C1=C\c1ccc2c(c1)CCCN2c1ccc(/N=N/c2ccc(O)c(O)c2)cc1. The molecule has 0 atom stereocenters. The van der Waals surface area contributed by atoms with E-state index in [0.717, 1.165) is 42.0 Å². The van der Waals surface area contributed by atoms with Gasteiger partial charge in [0.05, 0.1) is 28.3 Å². The average Bonchev–Trinajstić information content (AvgIpc) is 3.26. The molecule has 2 heterocycles. The van der Waals surface area contributed by atoms with Gasteiger partial charge in [0.1, 0.15) is 0 Å². The van der Waals surface area contributed by atoms with Gasteiger partial charge in [-0.15, -0.1) is 0 Å². The number of hydrogen-bond acceptors (Lipinski definition) is 7. The number of aromatic hydroxyl groups is 2. The molecule has 6 rings (SSSR count). The number of hydrogen-bond donors (Lipinski definition) is 2. The van der Waals surface area contributed by atoms with Crippen LogP contribution in [0.1, 0.15) is 24.5 Å². The van der Waals surface area contributed by atoms with Crippen LogP contribution in [0, 0.1) is 0 Å². The van der Waals surface area contributed by atoms with E-state index in [1.54, 1.807) is 6.07 Å². The minimum atomic E-state index is -0.234. The Morgan fingerprint density at radius 1 is 0.825 bits per heavy atom. The Bertz CT molecular complexity index is 1680. The topological polar surface area (TPSA) is 101 Å². The van der Waals surface area contributed by atoms with Crippen LogP contribution < -0.4 is 9.91 Å². The Balaban J connectivity index is 1.20. The summed E-state index contributed by atoms with van der Waals surface area (Å²) in [7, 11) is 0. The van der Waals surface area contributed by atoms with Gasteiger partial charge in [0, 0.05) is 24.0 Å². The van der Waals surface area contributed by atoms with E-state index in [9.17, 15) is 15.0 Å². The molecule has 0 saturated heterocycles. The van der Waals surface area contributed by atoms with Crippen molar-refractivity contribution in [2.45, 2.75) is 19.8 Å². The van der Waals surface area contributed by atoms with E-state index < -0.39 is 0 Å².